The van der Waals surface area contributed by atoms with Crippen LogP contribution in [0.1, 0.15) is 137 Å². The molecule has 0 aliphatic rings. The van der Waals surface area contributed by atoms with Gasteiger partial charge in [-0.05, 0) is 0 Å². The van der Waals surface area contributed by atoms with Crippen molar-refractivity contribution in [3.63, 3.8) is 0 Å². The predicted octanol–water partition coefficient (Wildman–Crippen LogP) is 8.54. The number of hydrogen-bond donors (Lipinski definition) is 0. The van der Waals surface area contributed by atoms with Gasteiger partial charge in [0.05, 0.1) is 0 Å². The molecular weight excluding hydrogens is 670 g/mol. The van der Waals surface area contributed by atoms with E-state index in [0.717, 1.165) is 21.7 Å². The minimum atomic E-state index is -3.99. The molecule has 0 N–H and O–H groups in total. The Hall–Kier alpha value is 1.36. The van der Waals surface area contributed by atoms with E-state index in [0.29, 0.717) is 0 Å². The molecule has 36 heavy (non-hydrogen) atoms. The molecule has 218 valence electrons. The molecule has 0 bridgehead atoms. The average Bonchev–Trinajstić information content (AvgIpc) is 2.40. The van der Waals surface area contributed by atoms with Gasteiger partial charge in [-0.15, -0.1) is 0 Å². The molecule has 0 aromatic rings. The maximum absolute atomic E-state index is 6.74. The summed E-state index contributed by atoms with van der Waals surface area (Å²) in [6.45, 7) is 37.6. The van der Waals surface area contributed by atoms with E-state index < -0.39 is 39.2 Å². The summed E-state index contributed by atoms with van der Waals surface area (Å²) in [4.78, 5) is 0. The molecule has 0 atom stereocenters. The quantitative estimate of drug-likeness (QED) is 0.157. The van der Waals surface area contributed by atoms with E-state index in [-0.39, 0.29) is 33.6 Å². The van der Waals surface area contributed by atoms with E-state index >= 15 is 0 Å². The Labute approximate surface area is 236 Å². The van der Waals surface area contributed by atoms with Crippen LogP contribution in [0.4, 0.5) is 0 Å². The third-order valence-electron chi connectivity index (χ3n) is 3.99. The van der Waals surface area contributed by atoms with Crippen LogP contribution in [0.25, 0.3) is 0 Å². The van der Waals surface area contributed by atoms with E-state index in [1.54, 1.807) is 0 Å². The first kappa shape index (κ1) is 37.4. The van der Waals surface area contributed by atoms with Crippen molar-refractivity contribution in [2.45, 2.75) is 180 Å². The molecular formula is C28H62O6Sn2. The van der Waals surface area contributed by atoms with Crippen molar-refractivity contribution in [1.29, 1.82) is 0 Å². The van der Waals surface area contributed by atoms with Gasteiger partial charge in [0.2, 0.25) is 0 Å². The van der Waals surface area contributed by atoms with Crippen molar-refractivity contribution >= 4 is 39.2 Å². The Morgan fingerprint density at radius 1 is 0.306 bits per heavy atom. The standard InChI is InChI=1S/6C4H9O.C4H8.2Sn/c6*1-4(2,3)5;1-3-4-2;;/h6*1-3H3;1-4H2;;/q6*-1;;2*+3. The van der Waals surface area contributed by atoms with E-state index in [1.165, 1.54) is 0 Å². The molecule has 0 saturated carbocycles. The molecule has 6 nitrogen and oxygen atoms in total. The van der Waals surface area contributed by atoms with Gasteiger partial charge in [0.25, 0.3) is 0 Å². The molecule has 0 aliphatic heterocycles. The van der Waals surface area contributed by atoms with Gasteiger partial charge in [-0.2, -0.15) is 0 Å². The Balaban J connectivity index is 6.06. The molecule has 0 fully saturated rings. The second kappa shape index (κ2) is 12.9. The Kier molecular flexibility index (Phi) is 13.4. The number of hydrogen-bond acceptors (Lipinski definition) is 6. The van der Waals surface area contributed by atoms with Gasteiger partial charge in [0.15, 0.2) is 0 Å². The fourth-order valence-electron chi connectivity index (χ4n) is 3.91. The molecule has 0 heterocycles. The van der Waals surface area contributed by atoms with Gasteiger partial charge in [-0.3, -0.25) is 0 Å². The first-order chi connectivity index (χ1) is 15.4. The van der Waals surface area contributed by atoms with E-state index in [2.05, 4.69) is 125 Å². The van der Waals surface area contributed by atoms with E-state index in [1.807, 2.05) is 0 Å². The second-order valence-electron chi connectivity index (χ2n) is 15.9. The molecule has 0 aromatic heterocycles. The molecule has 8 heteroatoms. The van der Waals surface area contributed by atoms with Crippen molar-refractivity contribution < 1.29 is 18.4 Å². The summed E-state index contributed by atoms with van der Waals surface area (Å²) in [6, 6.07) is 0. The van der Waals surface area contributed by atoms with Crippen LogP contribution in [0.5, 0.6) is 0 Å². The van der Waals surface area contributed by atoms with Crippen LogP contribution in [-0.2, 0) is 18.4 Å². The predicted molar refractivity (Wildman–Crippen MR) is 155 cm³/mol. The number of rotatable bonds is 11. The summed E-state index contributed by atoms with van der Waals surface area (Å²) in [5, 5.41) is 0. The molecule has 0 saturated heterocycles. The fourth-order valence-corrected chi connectivity index (χ4v) is 26.3. The van der Waals surface area contributed by atoms with Crippen molar-refractivity contribution in [3.05, 3.63) is 0 Å². The Bertz CT molecular complexity index is 513. The van der Waals surface area contributed by atoms with Crippen molar-refractivity contribution in [3.8, 4) is 0 Å². The summed E-state index contributed by atoms with van der Waals surface area (Å²) in [5.74, 6) is 0. The first-order valence-corrected chi connectivity index (χ1v) is 24.7. The van der Waals surface area contributed by atoms with Crippen molar-refractivity contribution in [2.75, 3.05) is 0 Å². The van der Waals surface area contributed by atoms with E-state index in [9.17, 15) is 0 Å². The van der Waals surface area contributed by atoms with Crippen molar-refractivity contribution in [2.24, 2.45) is 0 Å². The fraction of sp³-hybridized carbons (Fsp3) is 1.00. The van der Waals surface area contributed by atoms with Gasteiger partial charge in [-0.1, -0.05) is 0 Å². The maximum atomic E-state index is 6.74. The van der Waals surface area contributed by atoms with Crippen LogP contribution < -0.4 is 0 Å². The van der Waals surface area contributed by atoms with Gasteiger partial charge >= 0.3 is 238 Å². The summed E-state index contributed by atoms with van der Waals surface area (Å²) in [6.07, 6.45) is 1.82. The summed E-state index contributed by atoms with van der Waals surface area (Å²) in [5.41, 5.74) is -2.11. The second-order valence-corrected chi connectivity index (χ2v) is 30.0. The van der Waals surface area contributed by atoms with Crippen LogP contribution in [0.15, 0.2) is 0 Å². The molecule has 0 aromatic carbocycles. The van der Waals surface area contributed by atoms with E-state index in [4.69, 9.17) is 18.4 Å². The van der Waals surface area contributed by atoms with Gasteiger partial charge in [-0.25, -0.2) is 0 Å². The SMILES string of the molecule is CC(C)(C)[O][Sn]([CH2]CC[CH2][Sn]([O]C(C)(C)C)([O]C(C)(C)C)[O]C(C)(C)C)([O]C(C)(C)C)[O]C(C)(C)C. The molecule has 0 unspecified atom stereocenters. The van der Waals surface area contributed by atoms with Crippen LogP contribution in [-0.4, -0.2) is 72.8 Å². The topological polar surface area (TPSA) is 55.4 Å². The van der Waals surface area contributed by atoms with Crippen LogP contribution in [0.3, 0.4) is 0 Å². The Morgan fingerprint density at radius 2 is 0.444 bits per heavy atom. The van der Waals surface area contributed by atoms with Crippen LogP contribution in [0, 0.1) is 0 Å². The zero-order chi connectivity index (χ0) is 29.1. The number of unbranched alkanes of at least 4 members (excludes halogenated alkanes) is 1. The van der Waals surface area contributed by atoms with Gasteiger partial charge in [0.1, 0.15) is 0 Å². The third kappa shape index (κ3) is 19.4. The Morgan fingerprint density at radius 3 is 0.556 bits per heavy atom. The summed E-state index contributed by atoms with van der Waals surface area (Å²) in [7, 11) is 0. The van der Waals surface area contributed by atoms with Crippen molar-refractivity contribution in [1.82, 2.24) is 0 Å². The summed E-state index contributed by atoms with van der Waals surface area (Å²) >= 11 is -7.98. The zero-order valence-electron chi connectivity index (χ0n) is 27.3. The molecule has 0 spiro atoms. The average molecular weight is 732 g/mol. The minimum absolute atomic E-state index is 0.352. The van der Waals surface area contributed by atoms with Crippen LogP contribution in [0.2, 0.25) is 8.87 Å². The normalized spacial score (nSPS) is 15.5. The molecule has 0 rings (SSSR count). The van der Waals surface area contributed by atoms with Crippen LogP contribution >= 0.6 is 0 Å². The summed E-state index contributed by atoms with van der Waals surface area (Å²) < 4.78 is 42.0. The first-order valence-electron chi connectivity index (χ1n) is 13.7. The zero-order valence-corrected chi connectivity index (χ0v) is 33.0. The molecule has 0 radical (unpaired) electrons. The van der Waals surface area contributed by atoms with Gasteiger partial charge in [0, 0.05) is 0 Å². The molecule has 0 amide bonds. The third-order valence-corrected chi connectivity index (χ3v) is 25.3. The monoisotopic (exact) mass is 734 g/mol. The van der Waals surface area contributed by atoms with Gasteiger partial charge < -0.3 is 0 Å². The molecule has 0 aliphatic carbocycles.